The van der Waals surface area contributed by atoms with E-state index in [1.807, 2.05) is 13.0 Å². The Kier molecular flexibility index (Phi) is 5.16. The van der Waals surface area contributed by atoms with E-state index in [2.05, 4.69) is 10.1 Å². The van der Waals surface area contributed by atoms with Crippen LogP contribution >= 0.6 is 0 Å². The lowest BCUT2D eigenvalue weighted by Gasteiger charge is -2.32. The Hall–Kier alpha value is -2.68. The van der Waals surface area contributed by atoms with Crippen molar-refractivity contribution in [2.45, 2.75) is 58.1 Å². The number of hydrogen-bond donors (Lipinski definition) is 2. The fraction of sp³-hybridized carbons (Fsp3) is 0.600. The second-order valence-electron chi connectivity index (χ2n) is 7.94. The number of aromatic nitrogens is 3. The predicted octanol–water partition coefficient (Wildman–Crippen LogP) is 0.404. The lowest BCUT2D eigenvalue weighted by molar-refractivity contribution is -0.140. The topological polar surface area (TPSA) is 111 Å². The number of rotatable bonds is 3. The highest BCUT2D eigenvalue weighted by atomic mass is 16.3. The summed E-state index contributed by atoms with van der Waals surface area (Å²) in [6.07, 6.45) is 1.56. The monoisotopic (exact) mass is 401 g/mol. The van der Waals surface area contributed by atoms with Crippen LogP contribution in [0.4, 0.5) is 0 Å². The average Bonchev–Trinajstić information content (AvgIpc) is 3.17. The standard InChI is InChI=1S/C20H27N5O4/c1-3-18(27)24-9-6-15-14(11-24)20(29)25-17(21-15)10-16(22-25)13-4-7-23(8-5-13)19(28)12(2)26/h10,12-13,22,26H,3-9,11H2,1-2H3/t12-/m1/s1. The maximum absolute atomic E-state index is 13.0. The first kappa shape index (κ1) is 19.6. The van der Waals surface area contributed by atoms with Gasteiger partial charge in [-0.3, -0.25) is 19.5 Å². The minimum Gasteiger partial charge on any atom is -0.384 e. The average molecular weight is 401 g/mol. The van der Waals surface area contributed by atoms with Gasteiger partial charge in [0.2, 0.25) is 5.91 Å². The van der Waals surface area contributed by atoms with Crippen LogP contribution in [0.1, 0.15) is 56.0 Å². The molecule has 0 spiro atoms. The zero-order valence-electron chi connectivity index (χ0n) is 16.8. The number of piperidine rings is 1. The summed E-state index contributed by atoms with van der Waals surface area (Å²) in [5.41, 5.74) is 2.75. The van der Waals surface area contributed by atoms with Crippen LogP contribution in [0.25, 0.3) is 5.65 Å². The van der Waals surface area contributed by atoms with Gasteiger partial charge >= 0.3 is 0 Å². The predicted molar refractivity (Wildman–Crippen MR) is 105 cm³/mol. The minimum absolute atomic E-state index is 0.0471. The summed E-state index contributed by atoms with van der Waals surface area (Å²) in [5.74, 6) is 0.00649. The molecule has 2 aliphatic heterocycles. The van der Waals surface area contributed by atoms with E-state index >= 15 is 0 Å². The van der Waals surface area contributed by atoms with Gasteiger partial charge in [-0.2, -0.15) is 0 Å². The van der Waals surface area contributed by atoms with E-state index in [0.29, 0.717) is 50.2 Å². The summed E-state index contributed by atoms with van der Waals surface area (Å²) in [6.45, 7) is 5.37. The molecule has 4 rings (SSSR count). The third-order valence-electron chi connectivity index (χ3n) is 6.04. The molecule has 1 fully saturated rings. The molecule has 9 heteroatoms. The van der Waals surface area contributed by atoms with Crippen LogP contribution in [0, 0.1) is 0 Å². The molecule has 0 aromatic carbocycles. The van der Waals surface area contributed by atoms with Gasteiger partial charge in [0.25, 0.3) is 11.5 Å². The van der Waals surface area contributed by atoms with E-state index in [9.17, 15) is 19.5 Å². The molecule has 1 saturated heterocycles. The molecule has 0 radical (unpaired) electrons. The van der Waals surface area contributed by atoms with Crippen LogP contribution in [0.3, 0.4) is 0 Å². The quantitative estimate of drug-likeness (QED) is 0.774. The maximum atomic E-state index is 13.0. The smallest absolute Gasteiger partial charge is 0.277 e. The number of H-pyrrole nitrogens is 1. The van der Waals surface area contributed by atoms with Gasteiger partial charge in [0.15, 0.2) is 5.65 Å². The molecule has 1 atom stereocenters. The number of nitrogens with zero attached hydrogens (tertiary/aromatic N) is 4. The normalized spacial score (nSPS) is 18.7. The van der Waals surface area contributed by atoms with Crippen molar-refractivity contribution in [2.24, 2.45) is 0 Å². The molecule has 0 unspecified atom stereocenters. The van der Waals surface area contributed by atoms with Crippen molar-refractivity contribution in [3.63, 3.8) is 0 Å². The molecular formula is C20H27N5O4. The Morgan fingerprint density at radius 3 is 2.66 bits per heavy atom. The molecule has 0 aliphatic carbocycles. The molecule has 4 heterocycles. The third kappa shape index (κ3) is 3.55. The van der Waals surface area contributed by atoms with Crippen molar-refractivity contribution >= 4 is 17.5 Å². The zero-order valence-corrected chi connectivity index (χ0v) is 16.8. The Labute approximate surface area is 168 Å². The van der Waals surface area contributed by atoms with Crippen molar-refractivity contribution in [3.8, 4) is 0 Å². The molecule has 0 saturated carbocycles. The van der Waals surface area contributed by atoms with Crippen molar-refractivity contribution in [1.29, 1.82) is 0 Å². The van der Waals surface area contributed by atoms with Gasteiger partial charge in [-0.25, -0.2) is 9.50 Å². The Morgan fingerprint density at radius 1 is 1.28 bits per heavy atom. The molecule has 29 heavy (non-hydrogen) atoms. The van der Waals surface area contributed by atoms with Crippen molar-refractivity contribution < 1.29 is 14.7 Å². The zero-order chi connectivity index (χ0) is 20.7. The number of likely N-dealkylation sites (tertiary alicyclic amines) is 1. The first-order chi connectivity index (χ1) is 13.9. The van der Waals surface area contributed by atoms with E-state index in [-0.39, 0.29) is 23.3 Å². The number of aliphatic hydroxyl groups is 1. The molecule has 2 aromatic rings. The van der Waals surface area contributed by atoms with Gasteiger partial charge in [-0.15, -0.1) is 0 Å². The maximum Gasteiger partial charge on any atom is 0.277 e. The molecular weight excluding hydrogens is 374 g/mol. The highest BCUT2D eigenvalue weighted by molar-refractivity contribution is 5.80. The molecule has 156 valence electrons. The van der Waals surface area contributed by atoms with Gasteiger partial charge in [0.1, 0.15) is 6.10 Å². The Bertz CT molecular complexity index is 1000. The van der Waals surface area contributed by atoms with Gasteiger partial charge in [0.05, 0.1) is 17.8 Å². The van der Waals surface area contributed by atoms with Crippen molar-refractivity contribution in [3.05, 3.63) is 33.4 Å². The highest BCUT2D eigenvalue weighted by Gasteiger charge is 2.28. The largest absolute Gasteiger partial charge is 0.384 e. The van der Waals surface area contributed by atoms with Crippen LogP contribution in [0.2, 0.25) is 0 Å². The number of carbonyl (C=O) groups is 2. The van der Waals surface area contributed by atoms with Crippen molar-refractivity contribution in [2.75, 3.05) is 19.6 Å². The molecule has 9 nitrogen and oxygen atoms in total. The summed E-state index contributed by atoms with van der Waals surface area (Å²) < 4.78 is 1.47. The number of nitrogens with one attached hydrogen (secondary N) is 1. The van der Waals surface area contributed by atoms with Crippen molar-refractivity contribution in [1.82, 2.24) is 24.4 Å². The van der Waals surface area contributed by atoms with Gasteiger partial charge < -0.3 is 14.9 Å². The number of fused-ring (bicyclic) bond motifs is 2. The number of amides is 2. The summed E-state index contributed by atoms with van der Waals surface area (Å²) >= 11 is 0. The van der Waals surface area contributed by atoms with Crippen LogP contribution in [0.15, 0.2) is 10.9 Å². The fourth-order valence-electron chi connectivity index (χ4n) is 4.32. The summed E-state index contributed by atoms with van der Waals surface area (Å²) in [4.78, 5) is 45.1. The first-order valence-electron chi connectivity index (χ1n) is 10.3. The van der Waals surface area contributed by atoms with E-state index in [1.165, 1.54) is 11.4 Å². The van der Waals surface area contributed by atoms with Crippen LogP contribution < -0.4 is 5.56 Å². The van der Waals surface area contributed by atoms with Gasteiger partial charge in [-0.1, -0.05) is 6.92 Å². The number of aromatic amines is 1. The second kappa shape index (κ2) is 7.62. The molecule has 2 aromatic heterocycles. The van der Waals surface area contributed by atoms with E-state index < -0.39 is 6.10 Å². The van der Waals surface area contributed by atoms with Crippen LogP contribution in [0.5, 0.6) is 0 Å². The number of hydrogen-bond acceptors (Lipinski definition) is 5. The fourth-order valence-corrected chi connectivity index (χ4v) is 4.32. The van der Waals surface area contributed by atoms with E-state index in [0.717, 1.165) is 24.2 Å². The Morgan fingerprint density at radius 2 is 2.00 bits per heavy atom. The SMILES string of the molecule is CCC(=O)N1CCc2nc3cc(C4CCN(C(=O)[C@@H](C)O)CC4)[nH]n3c(=O)c2C1. The van der Waals surface area contributed by atoms with E-state index in [1.54, 1.807) is 9.80 Å². The summed E-state index contributed by atoms with van der Waals surface area (Å²) in [5, 5.41) is 12.7. The Balaban J connectivity index is 1.57. The minimum atomic E-state index is -0.979. The second-order valence-corrected chi connectivity index (χ2v) is 7.94. The van der Waals surface area contributed by atoms with Crippen LogP contribution in [-0.2, 0) is 22.6 Å². The number of aliphatic hydroxyl groups excluding tert-OH is 1. The first-order valence-corrected chi connectivity index (χ1v) is 10.3. The summed E-state index contributed by atoms with van der Waals surface area (Å²) in [7, 11) is 0. The van der Waals surface area contributed by atoms with Crippen LogP contribution in [-0.4, -0.2) is 67.1 Å². The summed E-state index contributed by atoms with van der Waals surface area (Å²) in [6, 6.07) is 1.92. The highest BCUT2D eigenvalue weighted by Crippen LogP contribution is 2.28. The molecule has 0 bridgehead atoms. The lowest BCUT2D eigenvalue weighted by Crippen LogP contribution is -2.42. The lowest BCUT2D eigenvalue weighted by atomic mass is 9.93. The molecule has 2 amide bonds. The number of carbonyl (C=O) groups excluding carboxylic acids is 2. The van der Waals surface area contributed by atoms with E-state index in [4.69, 9.17) is 0 Å². The van der Waals surface area contributed by atoms with Gasteiger partial charge in [0, 0.05) is 50.2 Å². The molecule has 2 N–H and O–H groups in total. The molecule has 2 aliphatic rings. The van der Waals surface area contributed by atoms with Gasteiger partial charge in [-0.05, 0) is 19.8 Å². The third-order valence-corrected chi connectivity index (χ3v) is 6.04.